The van der Waals surface area contributed by atoms with Gasteiger partial charge in [-0.15, -0.1) is 12.4 Å². The number of nitrogens with zero attached hydrogens (tertiary/aromatic N) is 2. The van der Waals surface area contributed by atoms with Crippen molar-refractivity contribution in [1.82, 2.24) is 15.1 Å². The van der Waals surface area contributed by atoms with Crippen molar-refractivity contribution in [2.45, 2.75) is 19.1 Å². The van der Waals surface area contributed by atoms with E-state index in [2.05, 4.69) is 5.32 Å². The highest BCUT2D eigenvalue weighted by Crippen LogP contribution is 2.14. The molecule has 3 heterocycles. The Morgan fingerprint density at radius 1 is 1.26 bits per heavy atom. The molecule has 2 atom stereocenters. The fraction of sp³-hybridized carbons (Fsp3) is 0.600. The lowest BCUT2D eigenvalue weighted by molar-refractivity contribution is -0.140. The molecule has 0 unspecified atom stereocenters. The summed E-state index contributed by atoms with van der Waals surface area (Å²) in [4.78, 5) is 28.5. The Kier molecular flexibility index (Phi) is 6.41. The van der Waals surface area contributed by atoms with Crippen molar-refractivity contribution >= 4 is 35.6 Å². The molecule has 1 aromatic heterocycles. The molecule has 0 radical (unpaired) electrons. The molecular weight excluding hydrogens is 338 g/mol. The molecule has 2 aliphatic heterocycles. The van der Waals surface area contributed by atoms with Crippen LogP contribution in [0, 0.1) is 0 Å². The van der Waals surface area contributed by atoms with E-state index in [1.54, 1.807) is 0 Å². The van der Waals surface area contributed by atoms with Gasteiger partial charge in [-0.2, -0.15) is 11.3 Å². The fourth-order valence-corrected chi connectivity index (χ4v) is 3.53. The van der Waals surface area contributed by atoms with Crippen LogP contribution in [-0.2, 0) is 9.53 Å². The Labute approximate surface area is 146 Å². The summed E-state index contributed by atoms with van der Waals surface area (Å²) in [5.74, 6) is 0.135. The van der Waals surface area contributed by atoms with E-state index in [1.807, 2.05) is 33.6 Å². The Morgan fingerprint density at radius 3 is 2.57 bits per heavy atom. The number of thiophene rings is 1. The molecule has 6 nitrogen and oxygen atoms in total. The zero-order valence-electron chi connectivity index (χ0n) is 13.1. The lowest BCUT2D eigenvalue weighted by atomic mass is 10.1. The van der Waals surface area contributed by atoms with Crippen LogP contribution in [0.1, 0.15) is 17.3 Å². The first-order chi connectivity index (χ1) is 10.7. The van der Waals surface area contributed by atoms with Gasteiger partial charge in [-0.3, -0.25) is 9.59 Å². The first-order valence-electron chi connectivity index (χ1n) is 7.62. The van der Waals surface area contributed by atoms with Gasteiger partial charge in [0, 0.05) is 38.1 Å². The Bertz CT molecular complexity index is 532. The second kappa shape index (κ2) is 8.10. The molecule has 2 aliphatic rings. The number of nitrogens with one attached hydrogen (secondary N) is 1. The zero-order chi connectivity index (χ0) is 15.5. The van der Waals surface area contributed by atoms with Crippen LogP contribution in [0.15, 0.2) is 16.8 Å². The van der Waals surface area contributed by atoms with Crippen molar-refractivity contribution in [1.29, 1.82) is 0 Å². The summed E-state index contributed by atoms with van der Waals surface area (Å²) >= 11 is 1.52. The third-order valence-corrected chi connectivity index (χ3v) is 4.91. The third kappa shape index (κ3) is 4.03. The highest BCUT2D eigenvalue weighted by molar-refractivity contribution is 7.08. The lowest BCUT2D eigenvalue weighted by Crippen LogP contribution is -2.60. The number of halogens is 1. The summed E-state index contributed by atoms with van der Waals surface area (Å²) in [7, 11) is 0. The van der Waals surface area contributed by atoms with Gasteiger partial charge in [-0.05, 0) is 18.4 Å². The fourth-order valence-electron chi connectivity index (χ4n) is 2.90. The summed E-state index contributed by atoms with van der Waals surface area (Å²) in [6.45, 7) is 5.61. The molecule has 3 rings (SSSR count). The van der Waals surface area contributed by atoms with Gasteiger partial charge < -0.3 is 19.9 Å². The molecule has 1 aromatic rings. The van der Waals surface area contributed by atoms with Crippen molar-refractivity contribution in [2.75, 3.05) is 39.3 Å². The van der Waals surface area contributed by atoms with Gasteiger partial charge >= 0.3 is 0 Å². The van der Waals surface area contributed by atoms with E-state index in [9.17, 15) is 9.59 Å². The van der Waals surface area contributed by atoms with Crippen LogP contribution < -0.4 is 5.32 Å². The predicted octanol–water partition coefficient (Wildman–Crippen LogP) is 0.831. The van der Waals surface area contributed by atoms with Crippen molar-refractivity contribution < 1.29 is 14.3 Å². The molecule has 2 fully saturated rings. The van der Waals surface area contributed by atoms with Crippen LogP contribution in [-0.4, -0.2) is 73.1 Å². The summed E-state index contributed by atoms with van der Waals surface area (Å²) in [5, 5.41) is 7.00. The number of carbonyl (C=O) groups excluding carboxylic acids is 2. The van der Waals surface area contributed by atoms with Gasteiger partial charge in [-0.25, -0.2) is 0 Å². The quantitative estimate of drug-likeness (QED) is 0.849. The highest BCUT2D eigenvalue weighted by Gasteiger charge is 2.34. The molecule has 0 aromatic carbocycles. The number of morpholine rings is 1. The van der Waals surface area contributed by atoms with Crippen molar-refractivity contribution in [3.05, 3.63) is 22.4 Å². The van der Waals surface area contributed by atoms with Crippen LogP contribution in [0.4, 0.5) is 0 Å². The van der Waals surface area contributed by atoms with Crippen LogP contribution in [0.2, 0.25) is 0 Å². The normalized spacial score (nSPS) is 24.9. The van der Waals surface area contributed by atoms with E-state index in [0.29, 0.717) is 39.3 Å². The van der Waals surface area contributed by atoms with Gasteiger partial charge in [0.2, 0.25) is 5.91 Å². The van der Waals surface area contributed by atoms with Gasteiger partial charge in [0.15, 0.2) is 0 Å². The second-order valence-corrected chi connectivity index (χ2v) is 6.42. The molecular formula is C15H22ClN3O3S. The molecule has 0 saturated carbocycles. The Balaban J connectivity index is 0.00000192. The lowest BCUT2D eigenvalue weighted by Gasteiger charge is -2.38. The van der Waals surface area contributed by atoms with Crippen molar-refractivity contribution in [2.24, 2.45) is 0 Å². The minimum absolute atomic E-state index is 0. The smallest absolute Gasteiger partial charge is 0.254 e. The third-order valence-electron chi connectivity index (χ3n) is 4.23. The topological polar surface area (TPSA) is 61.9 Å². The minimum Gasteiger partial charge on any atom is -0.375 e. The van der Waals surface area contributed by atoms with Crippen LogP contribution in [0.5, 0.6) is 0 Å². The SMILES string of the molecule is C[C@H]1OCCN[C@@H]1C(=O)N1CCN(C(=O)c2ccsc2)CC1.Cl. The summed E-state index contributed by atoms with van der Waals surface area (Å²) in [6, 6.07) is 1.57. The Hall–Kier alpha value is -1.15. The molecule has 128 valence electrons. The van der Waals surface area contributed by atoms with E-state index in [1.165, 1.54) is 11.3 Å². The monoisotopic (exact) mass is 359 g/mol. The van der Waals surface area contributed by atoms with Gasteiger partial charge in [0.25, 0.3) is 5.91 Å². The van der Waals surface area contributed by atoms with Crippen LogP contribution in [0.3, 0.4) is 0 Å². The van der Waals surface area contributed by atoms with Crippen molar-refractivity contribution in [3.63, 3.8) is 0 Å². The average molecular weight is 360 g/mol. The number of piperazine rings is 1. The van der Waals surface area contributed by atoms with E-state index >= 15 is 0 Å². The zero-order valence-corrected chi connectivity index (χ0v) is 14.7. The number of ether oxygens (including phenoxy) is 1. The van der Waals surface area contributed by atoms with Crippen LogP contribution in [0.25, 0.3) is 0 Å². The highest BCUT2D eigenvalue weighted by atomic mass is 35.5. The van der Waals surface area contributed by atoms with Gasteiger partial charge in [0.1, 0.15) is 6.04 Å². The van der Waals surface area contributed by atoms with Gasteiger partial charge in [-0.1, -0.05) is 0 Å². The van der Waals surface area contributed by atoms with E-state index in [0.717, 1.165) is 5.56 Å². The van der Waals surface area contributed by atoms with Gasteiger partial charge in [0.05, 0.1) is 18.3 Å². The second-order valence-electron chi connectivity index (χ2n) is 5.64. The molecule has 0 bridgehead atoms. The summed E-state index contributed by atoms with van der Waals surface area (Å²) in [6.07, 6.45) is -0.105. The molecule has 2 saturated heterocycles. The number of amides is 2. The van der Waals surface area contributed by atoms with E-state index in [-0.39, 0.29) is 36.4 Å². The van der Waals surface area contributed by atoms with E-state index < -0.39 is 0 Å². The minimum atomic E-state index is -0.270. The maximum atomic E-state index is 12.6. The summed E-state index contributed by atoms with van der Waals surface area (Å²) in [5.41, 5.74) is 0.737. The average Bonchev–Trinajstić information content (AvgIpc) is 3.09. The standard InChI is InChI=1S/C15H21N3O3S.ClH/c1-11-13(16-3-8-21-11)15(20)18-6-4-17(5-7-18)14(19)12-2-9-22-10-12;/h2,9-11,13,16H,3-8H2,1H3;1H/t11-,13+;/m1./s1. The molecule has 0 aliphatic carbocycles. The molecule has 2 amide bonds. The molecule has 1 N–H and O–H groups in total. The predicted molar refractivity (Wildman–Crippen MR) is 91.3 cm³/mol. The number of carbonyl (C=O) groups is 2. The van der Waals surface area contributed by atoms with Crippen molar-refractivity contribution in [3.8, 4) is 0 Å². The molecule has 23 heavy (non-hydrogen) atoms. The maximum absolute atomic E-state index is 12.6. The Morgan fingerprint density at radius 2 is 1.96 bits per heavy atom. The summed E-state index contributed by atoms with van der Waals surface area (Å²) < 4.78 is 5.54. The maximum Gasteiger partial charge on any atom is 0.254 e. The molecule has 8 heteroatoms. The number of hydrogen-bond donors (Lipinski definition) is 1. The van der Waals surface area contributed by atoms with Crippen LogP contribution >= 0.6 is 23.7 Å². The molecule has 0 spiro atoms. The first kappa shape index (κ1) is 18.2. The van der Waals surface area contributed by atoms with E-state index in [4.69, 9.17) is 4.74 Å². The largest absolute Gasteiger partial charge is 0.375 e. The number of rotatable bonds is 2. The number of hydrogen-bond acceptors (Lipinski definition) is 5. The first-order valence-corrected chi connectivity index (χ1v) is 8.56.